The number of rotatable bonds is 4. The smallest absolute Gasteiger partial charge is 0.193 e. The first-order valence-electron chi connectivity index (χ1n) is 8.23. The van der Waals surface area contributed by atoms with E-state index < -0.39 is 0 Å². The minimum Gasteiger partial charge on any atom is -0.304 e. The van der Waals surface area contributed by atoms with E-state index in [2.05, 4.69) is 22.9 Å². The fourth-order valence-electron chi connectivity index (χ4n) is 2.99. The largest absolute Gasteiger partial charge is 0.304 e. The first-order valence-corrected chi connectivity index (χ1v) is 8.23. The lowest BCUT2D eigenvalue weighted by atomic mass is 9.97. The van der Waals surface area contributed by atoms with Crippen molar-refractivity contribution < 1.29 is 4.79 Å². The number of piperazine rings is 1. The molecule has 2 aromatic carbocycles. The van der Waals surface area contributed by atoms with Gasteiger partial charge < -0.3 is 4.90 Å². The van der Waals surface area contributed by atoms with Gasteiger partial charge in [-0.1, -0.05) is 54.1 Å². The van der Waals surface area contributed by atoms with E-state index in [1.54, 1.807) is 0 Å². The van der Waals surface area contributed by atoms with Crippen LogP contribution in [0.25, 0.3) is 0 Å². The van der Waals surface area contributed by atoms with E-state index in [9.17, 15) is 4.79 Å². The van der Waals surface area contributed by atoms with Gasteiger partial charge in [-0.05, 0) is 19.5 Å². The Balaban J connectivity index is 1.80. The van der Waals surface area contributed by atoms with Crippen molar-refractivity contribution in [2.45, 2.75) is 13.5 Å². The van der Waals surface area contributed by atoms with E-state index in [1.807, 2.05) is 49.4 Å². The number of nitrogens with zero attached hydrogens (tertiary/aromatic N) is 2. The molecule has 0 saturated carbocycles. The van der Waals surface area contributed by atoms with Crippen LogP contribution in [-0.2, 0) is 6.54 Å². The van der Waals surface area contributed by atoms with Gasteiger partial charge in [0, 0.05) is 43.9 Å². The molecular formula is C20H24N2O. The molecule has 0 unspecified atom stereocenters. The summed E-state index contributed by atoms with van der Waals surface area (Å²) in [6.07, 6.45) is 0. The lowest BCUT2D eigenvalue weighted by Crippen LogP contribution is -2.44. The summed E-state index contributed by atoms with van der Waals surface area (Å²) in [5.41, 5.74) is 3.90. The Kier molecular flexibility index (Phi) is 4.89. The number of hydrogen-bond acceptors (Lipinski definition) is 3. The summed E-state index contributed by atoms with van der Waals surface area (Å²) < 4.78 is 0. The van der Waals surface area contributed by atoms with Crippen molar-refractivity contribution in [2.75, 3.05) is 33.2 Å². The zero-order chi connectivity index (χ0) is 16.2. The zero-order valence-electron chi connectivity index (χ0n) is 14.0. The molecule has 23 heavy (non-hydrogen) atoms. The molecule has 1 aliphatic heterocycles. The summed E-state index contributed by atoms with van der Waals surface area (Å²) in [6.45, 7) is 7.19. The second kappa shape index (κ2) is 7.07. The van der Waals surface area contributed by atoms with Crippen molar-refractivity contribution in [1.29, 1.82) is 0 Å². The highest BCUT2D eigenvalue weighted by atomic mass is 16.1. The quantitative estimate of drug-likeness (QED) is 0.811. The first-order chi connectivity index (χ1) is 11.1. The Morgan fingerprint density at radius 3 is 2.30 bits per heavy atom. The molecule has 0 bridgehead atoms. The second-order valence-corrected chi connectivity index (χ2v) is 6.43. The van der Waals surface area contributed by atoms with Crippen LogP contribution in [0.3, 0.4) is 0 Å². The van der Waals surface area contributed by atoms with E-state index in [1.165, 1.54) is 5.56 Å². The van der Waals surface area contributed by atoms with Gasteiger partial charge >= 0.3 is 0 Å². The van der Waals surface area contributed by atoms with Gasteiger partial charge in [0.2, 0.25) is 0 Å². The predicted octanol–water partition coefficient (Wildman–Crippen LogP) is 2.97. The Bertz CT molecular complexity index is 670. The van der Waals surface area contributed by atoms with Gasteiger partial charge in [0.05, 0.1) is 0 Å². The Morgan fingerprint density at radius 2 is 1.61 bits per heavy atom. The van der Waals surface area contributed by atoms with Crippen molar-refractivity contribution in [2.24, 2.45) is 0 Å². The van der Waals surface area contributed by atoms with Gasteiger partial charge in [0.25, 0.3) is 0 Å². The van der Waals surface area contributed by atoms with Gasteiger partial charge in [-0.15, -0.1) is 0 Å². The van der Waals surface area contributed by atoms with Crippen LogP contribution in [0, 0.1) is 6.92 Å². The van der Waals surface area contributed by atoms with Crippen molar-refractivity contribution in [3.8, 4) is 0 Å². The van der Waals surface area contributed by atoms with Crippen LogP contribution in [0.4, 0.5) is 0 Å². The van der Waals surface area contributed by atoms with Crippen LogP contribution in [0.15, 0.2) is 48.5 Å². The molecular weight excluding hydrogens is 284 g/mol. The summed E-state index contributed by atoms with van der Waals surface area (Å²) >= 11 is 0. The second-order valence-electron chi connectivity index (χ2n) is 6.43. The van der Waals surface area contributed by atoms with Crippen molar-refractivity contribution in [3.63, 3.8) is 0 Å². The highest BCUT2D eigenvalue weighted by molar-refractivity contribution is 6.09. The Hall–Kier alpha value is -1.97. The summed E-state index contributed by atoms with van der Waals surface area (Å²) in [5, 5.41) is 0. The molecule has 0 N–H and O–H groups in total. The molecule has 3 heteroatoms. The first kappa shape index (κ1) is 15.9. The molecule has 3 nitrogen and oxygen atoms in total. The zero-order valence-corrected chi connectivity index (χ0v) is 14.0. The van der Waals surface area contributed by atoms with E-state index in [-0.39, 0.29) is 5.78 Å². The molecule has 0 amide bonds. The van der Waals surface area contributed by atoms with Gasteiger partial charge in [-0.2, -0.15) is 0 Å². The van der Waals surface area contributed by atoms with Crippen LogP contribution >= 0.6 is 0 Å². The fraction of sp³-hybridized carbons (Fsp3) is 0.350. The van der Waals surface area contributed by atoms with Crippen molar-refractivity contribution in [1.82, 2.24) is 9.80 Å². The number of aryl methyl sites for hydroxylation is 1. The number of hydrogen-bond donors (Lipinski definition) is 0. The molecule has 3 rings (SSSR count). The Morgan fingerprint density at radius 1 is 0.957 bits per heavy atom. The molecule has 120 valence electrons. The van der Waals surface area contributed by atoms with Crippen molar-refractivity contribution >= 4 is 5.78 Å². The summed E-state index contributed by atoms with van der Waals surface area (Å²) in [6, 6.07) is 15.8. The third kappa shape index (κ3) is 3.87. The minimum absolute atomic E-state index is 0.120. The van der Waals surface area contributed by atoms with E-state index in [0.29, 0.717) is 0 Å². The molecule has 0 atom stereocenters. The van der Waals surface area contributed by atoms with E-state index >= 15 is 0 Å². The molecule has 0 spiro atoms. The molecule has 0 radical (unpaired) electrons. The SMILES string of the molecule is Cc1ccc(C(=O)c2ccccc2CN2CCN(C)CC2)cc1. The van der Waals surface area contributed by atoms with Gasteiger partial charge in [-0.3, -0.25) is 9.69 Å². The van der Waals surface area contributed by atoms with Crippen LogP contribution < -0.4 is 0 Å². The monoisotopic (exact) mass is 308 g/mol. The Labute approximate surface area is 138 Å². The molecule has 0 aromatic heterocycles. The highest BCUT2D eigenvalue weighted by Crippen LogP contribution is 2.18. The minimum atomic E-state index is 0.120. The third-order valence-electron chi connectivity index (χ3n) is 4.57. The maximum Gasteiger partial charge on any atom is 0.193 e. The molecule has 1 heterocycles. The molecule has 2 aromatic rings. The van der Waals surface area contributed by atoms with Crippen LogP contribution in [-0.4, -0.2) is 48.8 Å². The standard InChI is InChI=1S/C20H24N2O/c1-16-7-9-17(10-8-16)20(23)19-6-4-3-5-18(19)15-22-13-11-21(2)12-14-22/h3-10H,11-15H2,1-2H3. The molecule has 1 fully saturated rings. The molecule has 0 aliphatic carbocycles. The summed E-state index contributed by atoms with van der Waals surface area (Å²) in [4.78, 5) is 17.6. The fourth-order valence-corrected chi connectivity index (χ4v) is 2.99. The average molecular weight is 308 g/mol. The number of likely N-dealkylation sites (N-methyl/N-ethyl adjacent to an activating group) is 1. The maximum absolute atomic E-state index is 12.8. The highest BCUT2D eigenvalue weighted by Gasteiger charge is 2.18. The van der Waals surface area contributed by atoms with E-state index in [4.69, 9.17) is 0 Å². The lowest BCUT2D eigenvalue weighted by molar-refractivity contribution is 0.103. The van der Waals surface area contributed by atoms with Crippen LogP contribution in [0.2, 0.25) is 0 Å². The topological polar surface area (TPSA) is 23.6 Å². The average Bonchev–Trinajstić information content (AvgIpc) is 2.57. The number of carbonyl (C=O) groups is 1. The van der Waals surface area contributed by atoms with Gasteiger partial charge in [0.15, 0.2) is 5.78 Å². The maximum atomic E-state index is 12.8. The number of carbonyl (C=O) groups excluding carboxylic acids is 1. The normalized spacial score (nSPS) is 16.4. The number of ketones is 1. The summed E-state index contributed by atoms with van der Waals surface area (Å²) in [5.74, 6) is 0.120. The number of benzene rings is 2. The molecule has 1 saturated heterocycles. The third-order valence-corrected chi connectivity index (χ3v) is 4.57. The van der Waals surface area contributed by atoms with Gasteiger partial charge in [-0.25, -0.2) is 0 Å². The lowest BCUT2D eigenvalue weighted by Gasteiger charge is -2.32. The van der Waals surface area contributed by atoms with E-state index in [0.717, 1.165) is 49.4 Å². The van der Waals surface area contributed by atoms with Crippen LogP contribution in [0.1, 0.15) is 27.0 Å². The summed E-state index contributed by atoms with van der Waals surface area (Å²) in [7, 11) is 2.16. The van der Waals surface area contributed by atoms with Gasteiger partial charge in [0.1, 0.15) is 0 Å². The predicted molar refractivity (Wildman–Crippen MR) is 93.8 cm³/mol. The molecule has 1 aliphatic rings. The van der Waals surface area contributed by atoms with Crippen molar-refractivity contribution in [3.05, 3.63) is 70.8 Å². The van der Waals surface area contributed by atoms with Crippen LogP contribution in [0.5, 0.6) is 0 Å².